The van der Waals surface area contributed by atoms with Crippen molar-refractivity contribution in [2.24, 2.45) is 5.73 Å². The van der Waals surface area contributed by atoms with Gasteiger partial charge in [0.15, 0.2) is 0 Å². The maximum absolute atomic E-state index is 9.44. The molecule has 57 valence electrons. The number of carbonyl (C=O) groups is 1. The molecule has 0 saturated heterocycles. The quantitative estimate of drug-likeness (QED) is 0.416. The van der Waals surface area contributed by atoms with Gasteiger partial charge in [-0.05, 0) is 20.8 Å². The molecule has 0 aromatic rings. The number of rotatable bonds is 0. The van der Waals surface area contributed by atoms with Gasteiger partial charge in [0.25, 0.3) is 0 Å². The molecule has 0 bridgehead atoms. The summed E-state index contributed by atoms with van der Waals surface area (Å²) < 4.78 is 0. The largest absolute Gasteiger partial charge is 0.388 e. The first-order chi connectivity index (χ1) is 3.46. The van der Waals surface area contributed by atoms with Crippen molar-refractivity contribution in [3.8, 4) is 0 Å². The molecule has 0 fully saturated rings. The average molecular weight is 175 g/mol. The van der Waals surface area contributed by atoms with Crippen LogP contribution in [-0.4, -0.2) is 11.6 Å². The number of nitrogens with two attached hydrogens (primary N) is 1. The molecular formula is C5H12CoN2O. The third kappa shape index (κ3) is 1950. The first-order valence-electron chi connectivity index (χ1n) is 2.24. The summed E-state index contributed by atoms with van der Waals surface area (Å²) in [7, 11) is 0. The average Bonchev–Trinajstić information content (AvgIpc) is 1.25. The number of Topliss-reactive ketones (excluding diaryl/α,β-unsaturated/α-hetero) is 1. The molecule has 3 N–H and O–H groups in total. The molecule has 9 heavy (non-hydrogen) atoms. The van der Waals surface area contributed by atoms with E-state index in [1.165, 1.54) is 20.8 Å². The summed E-state index contributed by atoms with van der Waals surface area (Å²) in [6, 6.07) is 0. The third-order valence-electron chi connectivity index (χ3n) is 0. The second kappa shape index (κ2) is 10.6. The van der Waals surface area contributed by atoms with E-state index >= 15 is 0 Å². The molecule has 0 aliphatic carbocycles. The van der Waals surface area contributed by atoms with Gasteiger partial charge in [0.1, 0.15) is 5.78 Å². The maximum Gasteiger partial charge on any atom is 0.126 e. The van der Waals surface area contributed by atoms with E-state index in [9.17, 15) is 4.79 Å². The minimum atomic E-state index is 0. The zero-order chi connectivity index (χ0) is 7.15. The zero-order valence-electron chi connectivity index (χ0n) is 5.82. The van der Waals surface area contributed by atoms with Crippen molar-refractivity contribution in [3.05, 3.63) is 0 Å². The number of ketones is 1. The molecule has 0 aliphatic heterocycles. The van der Waals surface area contributed by atoms with Crippen molar-refractivity contribution in [3.63, 3.8) is 0 Å². The number of hydrogen-bond donors (Lipinski definition) is 2. The van der Waals surface area contributed by atoms with Gasteiger partial charge in [-0.3, -0.25) is 5.41 Å². The minimum Gasteiger partial charge on any atom is -0.388 e. The Morgan fingerprint density at radius 1 is 1.33 bits per heavy atom. The van der Waals surface area contributed by atoms with Gasteiger partial charge in [-0.15, -0.1) is 0 Å². The summed E-state index contributed by atoms with van der Waals surface area (Å²) in [6.45, 7) is 4.58. The van der Waals surface area contributed by atoms with Crippen molar-refractivity contribution in [1.82, 2.24) is 0 Å². The van der Waals surface area contributed by atoms with Gasteiger partial charge < -0.3 is 10.5 Å². The van der Waals surface area contributed by atoms with Crippen molar-refractivity contribution >= 4 is 11.6 Å². The zero-order valence-corrected chi connectivity index (χ0v) is 6.86. The predicted octanol–water partition coefficient (Wildman–Crippen LogP) is 0.535. The van der Waals surface area contributed by atoms with Crippen molar-refractivity contribution < 1.29 is 21.6 Å². The molecule has 0 aromatic carbocycles. The van der Waals surface area contributed by atoms with Crippen LogP contribution < -0.4 is 5.73 Å². The monoisotopic (exact) mass is 175 g/mol. The van der Waals surface area contributed by atoms with Crippen LogP contribution >= 0.6 is 0 Å². The van der Waals surface area contributed by atoms with Crippen LogP contribution in [0, 0.1) is 5.41 Å². The Kier molecular flexibility index (Phi) is 18.7. The molecule has 4 heteroatoms. The van der Waals surface area contributed by atoms with E-state index in [0.717, 1.165) is 0 Å². The molecule has 0 aromatic heterocycles. The second-order valence-electron chi connectivity index (χ2n) is 1.59. The Balaban J connectivity index is -0.0000000720. The van der Waals surface area contributed by atoms with Crippen LogP contribution in [0.5, 0.6) is 0 Å². The second-order valence-corrected chi connectivity index (χ2v) is 1.59. The predicted molar refractivity (Wildman–Crippen MR) is 33.9 cm³/mol. The van der Waals surface area contributed by atoms with Crippen molar-refractivity contribution in [2.45, 2.75) is 20.8 Å². The number of carbonyl (C=O) groups excluding carboxylic acids is 1. The van der Waals surface area contributed by atoms with Crippen LogP contribution in [0.4, 0.5) is 0 Å². The Hall–Kier alpha value is -0.354. The Morgan fingerprint density at radius 3 is 1.33 bits per heavy atom. The van der Waals surface area contributed by atoms with Crippen LogP contribution in [0.1, 0.15) is 20.8 Å². The Bertz CT molecular complexity index is 73.0. The van der Waals surface area contributed by atoms with Crippen LogP contribution in [0.2, 0.25) is 0 Å². The van der Waals surface area contributed by atoms with Crippen LogP contribution in [0.25, 0.3) is 0 Å². The first kappa shape index (κ1) is 15.9. The van der Waals surface area contributed by atoms with Crippen LogP contribution in [0.15, 0.2) is 0 Å². The molecule has 0 unspecified atom stereocenters. The first-order valence-corrected chi connectivity index (χ1v) is 2.24. The van der Waals surface area contributed by atoms with Gasteiger partial charge in [-0.25, -0.2) is 0 Å². The fourth-order valence-corrected chi connectivity index (χ4v) is 0. The van der Waals surface area contributed by atoms with E-state index < -0.39 is 0 Å². The third-order valence-corrected chi connectivity index (χ3v) is 0. The molecule has 0 amide bonds. The van der Waals surface area contributed by atoms with E-state index in [-0.39, 0.29) is 28.4 Å². The van der Waals surface area contributed by atoms with Crippen molar-refractivity contribution in [1.29, 1.82) is 5.41 Å². The van der Waals surface area contributed by atoms with Gasteiger partial charge in [-0.2, -0.15) is 0 Å². The molecule has 0 saturated carbocycles. The molecule has 1 radical (unpaired) electrons. The maximum atomic E-state index is 9.44. The SMILES string of the molecule is CC(=N)N.CC(C)=O.[Co]. The summed E-state index contributed by atoms with van der Waals surface area (Å²) in [6.07, 6.45) is 0. The van der Waals surface area contributed by atoms with Gasteiger partial charge in [-0.1, -0.05) is 0 Å². The van der Waals surface area contributed by atoms with E-state index in [0.29, 0.717) is 0 Å². The topological polar surface area (TPSA) is 66.9 Å². The van der Waals surface area contributed by atoms with Gasteiger partial charge in [0, 0.05) is 16.8 Å². The smallest absolute Gasteiger partial charge is 0.126 e. The van der Waals surface area contributed by atoms with Crippen molar-refractivity contribution in [2.75, 3.05) is 0 Å². The summed E-state index contributed by atoms with van der Waals surface area (Å²) >= 11 is 0. The summed E-state index contributed by atoms with van der Waals surface area (Å²) in [5.41, 5.74) is 4.69. The van der Waals surface area contributed by atoms with Gasteiger partial charge >= 0.3 is 0 Å². The Labute approximate surface area is 65.7 Å². The van der Waals surface area contributed by atoms with E-state index in [1.54, 1.807) is 0 Å². The summed E-state index contributed by atoms with van der Waals surface area (Å²) in [4.78, 5) is 9.44. The summed E-state index contributed by atoms with van der Waals surface area (Å²) in [5.74, 6) is 0.333. The fraction of sp³-hybridized carbons (Fsp3) is 0.600. The molecule has 0 aliphatic rings. The minimum absolute atomic E-state index is 0. The molecule has 0 atom stereocenters. The summed E-state index contributed by atoms with van der Waals surface area (Å²) in [5, 5.41) is 6.28. The normalized spacial score (nSPS) is 5.67. The molecule has 0 spiro atoms. The van der Waals surface area contributed by atoms with E-state index in [1.807, 2.05) is 0 Å². The number of nitrogens with one attached hydrogen (secondary N) is 1. The number of amidine groups is 1. The van der Waals surface area contributed by atoms with E-state index in [4.69, 9.17) is 11.1 Å². The Morgan fingerprint density at radius 2 is 1.33 bits per heavy atom. The van der Waals surface area contributed by atoms with E-state index in [2.05, 4.69) is 0 Å². The van der Waals surface area contributed by atoms with Gasteiger partial charge in [0.2, 0.25) is 0 Å². The molecular weight excluding hydrogens is 163 g/mol. The number of hydrogen-bond acceptors (Lipinski definition) is 2. The molecule has 0 rings (SSSR count). The molecule has 0 heterocycles. The van der Waals surface area contributed by atoms with Gasteiger partial charge in [0.05, 0.1) is 5.84 Å². The van der Waals surface area contributed by atoms with Crippen LogP contribution in [-0.2, 0) is 21.6 Å². The fourth-order valence-electron chi connectivity index (χ4n) is 0. The molecule has 3 nitrogen and oxygen atoms in total. The standard InChI is InChI=1S/C3H6O.C2H6N2.Co/c1-3(2)4;1-2(3)4;/h1-2H3;1H3,(H3,3,4);. The van der Waals surface area contributed by atoms with Crippen LogP contribution in [0.3, 0.4) is 0 Å².